The summed E-state index contributed by atoms with van der Waals surface area (Å²) in [6, 6.07) is 26.3. The summed E-state index contributed by atoms with van der Waals surface area (Å²) in [5.74, 6) is -0.0791. The first-order chi connectivity index (χ1) is 19.3. The van der Waals surface area contributed by atoms with Gasteiger partial charge < -0.3 is 14.6 Å². The van der Waals surface area contributed by atoms with Gasteiger partial charge >= 0.3 is 0 Å². The summed E-state index contributed by atoms with van der Waals surface area (Å²) in [6.45, 7) is 5.12. The Hall–Kier alpha value is -3.85. The Morgan fingerprint density at radius 2 is 1.62 bits per heavy atom. The van der Waals surface area contributed by atoms with Crippen LogP contribution in [0.15, 0.2) is 95.9 Å². The highest BCUT2D eigenvalue weighted by Gasteiger charge is 2.27. The highest BCUT2D eigenvalue weighted by atomic mass is 35.5. The van der Waals surface area contributed by atoms with Gasteiger partial charge in [0.05, 0.1) is 16.5 Å². The van der Waals surface area contributed by atoms with Gasteiger partial charge in [-0.3, -0.25) is 4.79 Å². The van der Waals surface area contributed by atoms with Crippen molar-refractivity contribution in [1.29, 1.82) is 0 Å². The van der Waals surface area contributed by atoms with Crippen molar-refractivity contribution in [2.24, 2.45) is 0 Å². The van der Waals surface area contributed by atoms with Gasteiger partial charge in [-0.1, -0.05) is 60.1 Å². The molecule has 5 aromatic rings. The molecule has 0 radical (unpaired) electrons. The van der Waals surface area contributed by atoms with Gasteiger partial charge in [0.2, 0.25) is 15.9 Å². The molecule has 0 aliphatic heterocycles. The molecule has 2 N–H and O–H groups in total. The number of fused-ring (bicyclic) bond motifs is 3. The third-order valence-corrected chi connectivity index (χ3v) is 8.53. The van der Waals surface area contributed by atoms with Gasteiger partial charge in [-0.05, 0) is 68.3 Å². The number of aromatic nitrogens is 1. The average molecular weight is 576 g/mol. The summed E-state index contributed by atoms with van der Waals surface area (Å²) in [7, 11) is -4.09. The fraction of sp³-hybridized carbons (Fsp3) is 0.194. The number of anilines is 1. The predicted molar refractivity (Wildman–Crippen MR) is 161 cm³/mol. The van der Waals surface area contributed by atoms with E-state index in [1.165, 1.54) is 18.2 Å². The van der Waals surface area contributed by atoms with Crippen molar-refractivity contribution in [2.45, 2.75) is 37.8 Å². The van der Waals surface area contributed by atoms with E-state index in [0.717, 1.165) is 33.9 Å². The number of aryl methyl sites for hydroxylation is 1. The van der Waals surface area contributed by atoms with Gasteiger partial charge in [-0.15, -0.1) is 0 Å². The van der Waals surface area contributed by atoms with Crippen molar-refractivity contribution in [3.05, 3.63) is 102 Å². The third-order valence-electron chi connectivity index (χ3n) is 6.77. The second kappa shape index (κ2) is 11.7. The van der Waals surface area contributed by atoms with E-state index in [4.69, 9.17) is 16.3 Å². The Morgan fingerprint density at radius 1 is 0.900 bits per heavy atom. The smallest absolute Gasteiger partial charge is 0.242 e. The molecule has 1 heterocycles. The highest BCUT2D eigenvalue weighted by molar-refractivity contribution is 7.89. The number of carbonyl (C=O) groups excluding carboxylic acids is 1. The van der Waals surface area contributed by atoms with E-state index < -0.39 is 22.0 Å². The molecule has 206 valence electrons. The standard InChI is InChI=1S/C31H30ClN3O4S/c1-3-35-28-13-9-8-12-24(28)25-19-22(14-16-29(25)35)33-31(36)27(18-21-10-6-5-7-11-21)34-40(37,38)23-15-17-30(39-4-2)26(32)20-23/h5-17,19-20,27,34H,3-4,18H2,1-2H3,(H,33,36). The van der Waals surface area contributed by atoms with Gasteiger partial charge in [0, 0.05) is 34.0 Å². The van der Waals surface area contributed by atoms with Crippen LogP contribution in [0.2, 0.25) is 5.02 Å². The van der Waals surface area contributed by atoms with Crippen molar-refractivity contribution >= 4 is 55.0 Å². The van der Waals surface area contributed by atoms with Gasteiger partial charge in [0.1, 0.15) is 11.8 Å². The van der Waals surface area contributed by atoms with Crippen LogP contribution in [0, 0.1) is 0 Å². The minimum Gasteiger partial charge on any atom is -0.492 e. The zero-order chi connectivity index (χ0) is 28.3. The molecule has 1 amide bonds. The van der Waals surface area contributed by atoms with E-state index in [9.17, 15) is 13.2 Å². The maximum atomic E-state index is 13.6. The molecule has 7 nitrogen and oxygen atoms in total. The van der Waals surface area contributed by atoms with Crippen LogP contribution in [0.4, 0.5) is 5.69 Å². The topological polar surface area (TPSA) is 89.4 Å². The quantitative estimate of drug-likeness (QED) is 0.202. The summed E-state index contributed by atoms with van der Waals surface area (Å²) >= 11 is 6.25. The van der Waals surface area contributed by atoms with Crippen LogP contribution < -0.4 is 14.8 Å². The molecular weight excluding hydrogens is 546 g/mol. The summed E-state index contributed by atoms with van der Waals surface area (Å²) in [6.07, 6.45) is 0.161. The summed E-state index contributed by atoms with van der Waals surface area (Å²) < 4.78 is 37.0. The van der Waals surface area contributed by atoms with Crippen LogP contribution in [0.1, 0.15) is 19.4 Å². The molecule has 0 spiro atoms. The van der Waals surface area contributed by atoms with E-state index in [1.807, 2.05) is 67.6 Å². The number of sulfonamides is 1. The largest absolute Gasteiger partial charge is 0.492 e. The van der Waals surface area contributed by atoms with Crippen molar-refractivity contribution in [1.82, 2.24) is 9.29 Å². The first-order valence-corrected chi connectivity index (χ1v) is 15.0. The number of benzene rings is 4. The normalized spacial score (nSPS) is 12.5. The fourth-order valence-corrected chi connectivity index (χ4v) is 6.44. The lowest BCUT2D eigenvalue weighted by Crippen LogP contribution is -2.45. The zero-order valence-corrected chi connectivity index (χ0v) is 23.8. The molecule has 5 rings (SSSR count). The zero-order valence-electron chi connectivity index (χ0n) is 22.2. The highest BCUT2D eigenvalue weighted by Crippen LogP contribution is 2.31. The van der Waals surface area contributed by atoms with Crippen molar-refractivity contribution < 1.29 is 17.9 Å². The van der Waals surface area contributed by atoms with E-state index in [-0.39, 0.29) is 16.3 Å². The van der Waals surface area contributed by atoms with Gasteiger partial charge in [-0.2, -0.15) is 4.72 Å². The number of para-hydroxylation sites is 1. The Morgan fingerprint density at radius 3 is 2.35 bits per heavy atom. The number of hydrogen-bond acceptors (Lipinski definition) is 4. The van der Waals surface area contributed by atoms with Crippen molar-refractivity contribution in [2.75, 3.05) is 11.9 Å². The van der Waals surface area contributed by atoms with Gasteiger partial charge in [0.15, 0.2) is 0 Å². The Kier molecular flexibility index (Phi) is 8.12. The molecule has 0 fully saturated rings. The molecule has 0 saturated heterocycles. The molecule has 40 heavy (non-hydrogen) atoms. The molecule has 1 unspecified atom stereocenters. The van der Waals surface area contributed by atoms with Crippen molar-refractivity contribution in [3.63, 3.8) is 0 Å². The lowest BCUT2D eigenvalue weighted by atomic mass is 10.1. The lowest BCUT2D eigenvalue weighted by molar-refractivity contribution is -0.117. The first-order valence-electron chi connectivity index (χ1n) is 13.1. The maximum Gasteiger partial charge on any atom is 0.242 e. The lowest BCUT2D eigenvalue weighted by Gasteiger charge is -2.19. The number of nitrogens with zero attached hydrogens (tertiary/aromatic N) is 1. The summed E-state index contributed by atoms with van der Waals surface area (Å²) in [5.41, 5.74) is 3.58. The number of carbonyl (C=O) groups is 1. The number of nitrogens with one attached hydrogen (secondary N) is 2. The van der Waals surface area contributed by atoms with E-state index in [1.54, 1.807) is 0 Å². The molecular formula is C31H30ClN3O4S. The molecule has 1 aromatic heterocycles. The molecule has 0 aliphatic rings. The SMILES string of the molecule is CCOc1ccc(S(=O)(=O)NC(Cc2ccccc2)C(=O)Nc2ccc3c(c2)c2ccccc2n3CC)cc1Cl. The average Bonchev–Trinajstić information content (AvgIpc) is 3.27. The van der Waals surface area contributed by atoms with Crippen LogP contribution in [0.3, 0.4) is 0 Å². The van der Waals surface area contributed by atoms with Crippen LogP contribution in [0.25, 0.3) is 21.8 Å². The fourth-order valence-electron chi connectivity index (χ4n) is 4.92. The number of halogens is 1. The van der Waals surface area contributed by atoms with Crippen LogP contribution in [-0.4, -0.2) is 31.5 Å². The Balaban J connectivity index is 1.45. The van der Waals surface area contributed by atoms with Gasteiger partial charge in [0.25, 0.3) is 0 Å². The van der Waals surface area contributed by atoms with E-state index in [0.29, 0.717) is 18.0 Å². The number of hydrogen-bond donors (Lipinski definition) is 2. The minimum absolute atomic E-state index is 0.0550. The van der Waals surface area contributed by atoms with E-state index in [2.05, 4.69) is 33.7 Å². The molecule has 4 aromatic carbocycles. The van der Waals surface area contributed by atoms with Crippen LogP contribution >= 0.6 is 11.6 Å². The van der Waals surface area contributed by atoms with Crippen LogP contribution in [-0.2, 0) is 27.8 Å². The van der Waals surface area contributed by atoms with Gasteiger partial charge in [-0.25, -0.2) is 8.42 Å². The number of ether oxygens (including phenoxy) is 1. The number of amides is 1. The molecule has 1 atom stereocenters. The molecule has 9 heteroatoms. The Labute approximate surface area is 238 Å². The third kappa shape index (κ3) is 5.70. The second-order valence-electron chi connectivity index (χ2n) is 9.37. The first kappa shape index (κ1) is 27.7. The molecule has 0 bridgehead atoms. The monoisotopic (exact) mass is 575 g/mol. The maximum absolute atomic E-state index is 13.6. The second-order valence-corrected chi connectivity index (χ2v) is 11.5. The van der Waals surface area contributed by atoms with Crippen molar-refractivity contribution in [3.8, 4) is 5.75 Å². The number of rotatable bonds is 10. The molecule has 0 saturated carbocycles. The predicted octanol–water partition coefficient (Wildman–Crippen LogP) is 6.39. The summed E-state index contributed by atoms with van der Waals surface area (Å²) in [5, 5.41) is 5.21. The summed E-state index contributed by atoms with van der Waals surface area (Å²) in [4.78, 5) is 13.5. The Bertz CT molecular complexity index is 1790. The molecule has 0 aliphatic carbocycles. The van der Waals surface area contributed by atoms with E-state index >= 15 is 0 Å². The van der Waals surface area contributed by atoms with Crippen LogP contribution in [0.5, 0.6) is 5.75 Å². The minimum atomic E-state index is -4.09.